The van der Waals surface area contributed by atoms with Crippen molar-refractivity contribution in [3.05, 3.63) is 340 Å². The fourth-order valence-electron chi connectivity index (χ4n) is 13.2. The molecule has 6 heteroatoms. The minimum atomic E-state index is -1.48. The molecule has 0 aliphatic rings. The van der Waals surface area contributed by atoms with Crippen molar-refractivity contribution in [1.82, 2.24) is 0 Å². The molecule has 0 aliphatic heterocycles. The van der Waals surface area contributed by atoms with Gasteiger partial charge in [-0.15, -0.1) is 0 Å². The van der Waals surface area contributed by atoms with Crippen LogP contribution in [0.15, 0.2) is 340 Å². The lowest BCUT2D eigenvalue weighted by Crippen LogP contribution is -2.26. The molecule has 454 valence electrons. The molecule has 0 spiro atoms. The van der Waals surface area contributed by atoms with Crippen molar-refractivity contribution >= 4 is 47.7 Å². The molecule has 0 fully saturated rings. The normalized spacial score (nSPS) is 11.2. The summed E-state index contributed by atoms with van der Waals surface area (Å²) >= 11 is 0. The van der Waals surface area contributed by atoms with Crippen LogP contribution in [0.3, 0.4) is 0 Å². The van der Waals surface area contributed by atoms with Gasteiger partial charge in [0.25, 0.3) is 0 Å². The maximum absolute atomic E-state index is 6.59. The van der Waals surface area contributed by atoms with E-state index >= 15 is 0 Å². The molecule has 0 aliphatic carbocycles. The van der Waals surface area contributed by atoms with Gasteiger partial charge in [-0.25, -0.2) is 0 Å². The maximum atomic E-state index is 6.59. The zero-order chi connectivity index (χ0) is 63.7. The van der Waals surface area contributed by atoms with E-state index in [1.54, 1.807) is 28.4 Å². The first-order valence-corrected chi connectivity index (χ1v) is 34.3. The smallest absolute Gasteiger partial charge is 0.134 e. The second-order valence-electron chi connectivity index (χ2n) is 22.9. The Morgan fingerprint density at radius 3 is 0.479 bits per heavy atom. The first-order valence-electron chi connectivity index (χ1n) is 31.6. The highest BCUT2D eigenvalue weighted by Crippen LogP contribution is 2.51. The summed E-state index contributed by atoms with van der Waals surface area (Å²) in [5, 5.41) is 7.04. The van der Waals surface area contributed by atoms with Crippen molar-refractivity contribution in [2.24, 2.45) is 0 Å². The largest absolute Gasteiger partial charge is 0.495 e. The summed E-state index contributed by atoms with van der Waals surface area (Å²) in [4.78, 5) is 0. The summed E-state index contributed by atoms with van der Waals surface area (Å²) in [5.74, 6) is 3.27. The van der Waals surface area contributed by atoms with E-state index in [1.165, 1.54) is 10.6 Å². The molecule has 14 rings (SSSR count). The third-order valence-corrected chi connectivity index (χ3v) is 22.2. The van der Waals surface area contributed by atoms with Crippen molar-refractivity contribution in [2.45, 2.75) is 0 Å². The Hall–Kier alpha value is -10.9. The molecule has 14 aromatic rings. The highest BCUT2D eigenvalue weighted by molar-refractivity contribution is 7.81. The van der Waals surface area contributed by atoms with E-state index in [4.69, 9.17) is 18.9 Å². The molecular weight excluding hydrogens is 1180 g/mol. The van der Waals surface area contributed by atoms with Gasteiger partial charge in [0.2, 0.25) is 0 Å². The minimum absolute atomic E-state index is 0.818. The fourth-order valence-corrected chi connectivity index (χ4v) is 18.3. The van der Waals surface area contributed by atoms with Gasteiger partial charge in [-0.3, -0.25) is 0 Å². The average molecular weight is 1250 g/mol. The Labute approximate surface area is 554 Å². The van der Waals surface area contributed by atoms with Crippen LogP contribution in [0.4, 0.5) is 0 Å². The average Bonchev–Trinajstić information content (AvgIpc) is 0.786. The highest BCUT2D eigenvalue weighted by Gasteiger charge is 2.32. The van der Waals surface area contributed by atoms with E-state index in [1.807, 2.05) is 0 Å². The van der Waals surface area contributed by atoms with Crippen molar-refractivity contribution < 1.29 is 18.9 Å². The molecule has 0 bridgehead atoms. The third kappa shape index (κ3) is 12.1. The second kappa shape index (κ2) is 27.9. The Morgan fingerprint density at radius 1 is 0.170 bits per heavy atom. The zero-order valence-electron chi connectivity index (χ0n) is 52.9. The van der Waals surface area contributed by atoms with Crippen LogP contribution in [-0.4, -0.2) is 28.4 Å². The number of hydrogen-bond donors (Lipinski definition) is 0. The van der Waals surface area contributed by atoms with Crippen molar-refractivity contribution in [2.75, 3.05) is 28.4 Å². The van der Waals surface area contributed by atoms with Gasteiger partial charge in [0, 0.05) is 44.5 Å². The van der Waals surface area contributed by atoms with Gasteiger partial charge >= 0.3 is 0 Å². The Balaban J connectivity index is 1.11. The summed E-state index contributed by atoms with van der Waals surface area (Å²) < 4.78 is 26.3. The number of benzene rings is 14. The molecule has 0 saturated carbocycles. The molecule has 4 nitrogen and oxygen atoms in total. The SMILES string of the molecule is COc1c(-c2ccccc2)cc(P(c2cc(-c3ccccc3)c(OC)c(-c3ccccc3)c2)c2ccccc2-c2ccccc2P(c2cc(-c3ccccc3)c(OC)c(-c3ccccc3)c2)c2cc(-c3ccccc3)c(OC)c(-c3ccccc3)c2)cc1-c1ccccc1. The predicted molar refractivity (Wildman–Crippen MR) is 399 cm³/mol. The van der Waals surface area contributed by atoms with Crippen molar-refractivity contribution in [3.63, 3.8) is 0 Å². The monoisotopic (exact) mass is 1250 g/mol. The summed E-state index contributed by atoms with van der Waals surface area (Å²) in [6.45, 7) is 0. The van der Waals surface area contributed by atoms with Crippen molar-refractivity contribution in [3.8, 4) is 123 Å². The van der Waals surface area contributed by atoms with E-state index in [9.17, 15) is 0 Å². The summed E-state index contributed by atoms with van der Waals surface area (Å²) in [6.07, 6.45) is 0. The summed E-state index contributed by atoms with van der Waals surface area (Å²) in [7, 11) is 4.22. The van der Waals surface area contributed by atoms with Crippen molar-refractivity contribution in [1.29, 1.82) is 0 Å². The second-order valence-corrected chi connectivity index (χ2v) is 27.3. The fraction of sp³-hybridized carbons (Fsp3) is 0.0455. The minimum Gasteiger partial charge on any atom is -0.495 e. The maximum Gasteiger partial charge on any atom is 0.134 e. The Morgan fingerprint density at radius 2 is 0.319 bits per heavy atom. The zero-order valence-corrected chi connectivity index (χ0v) is 54.6. The lowest BCUT2D eigenvalue weighted by molar-refractivity contribution is 0.418. The lowest BCUT2D eigenvalue weighted by atomic mass is 9.97. The Bertz CT molecular complexity index is 4090. The van der Waals surface area contributed by atoms with Crippen LogP contribution in [0.5, 0.6) is 23.0 Å². The molecule has 14 aromatic carbocycles. The van der Waals surface area contributed by atoms with E-state index in [2.05, 4.69) is 340 Å². The van der Waals surface area contributed by atoms with Crippen LogP contribution in [0.2, 0.25) is 0 Å². The van der Waals surface area contributed by atoms with Gasteiger partial charge in [0.15, 0.2) is 0 Å². The predicted octanol–water partition coefficient (Wildman–Crippen LogP) is 20.2. The first-order chi connectivity index (χ1) is 46.5. The molecular formula is C88H68O4P2. The van der Waals surface area contributed by atoms with Crippen LogP contribution in [0, 0.1) is 0 Å². The van der Waals surface area contributed by atoms with Crippen LogP contribution >= 0.6 is 15.8 Å². The highest BCUT2D eigenvalue weighted by atomic mass is 31.1. The van der Waals surface area contributed by atoms with Gasteiger partial charge in [0.05, 0.1) is 28.4 Å². The van der Waals surface area contributed by atoms with Crippen LogP contribution < -0.4 is 50.8 Å². The van der Waals surface area contributed by atoms with Gasteiger partial charge in [-0.1, -0.05) is 291 Å². The Kier molecular flexibility index (Phi) is 18.0. The number of hydrogen-bond acceptors (Lipinski definition) is 4. The molecule has 0 saturated heterocycles. The van der Waals surface area contributed by atoms with E-state index in [0.29, 0.717) is 0 Å². The van der Waals surface area contributed by atoms with Gasteiger partial charge < -0.3 is 18.9 Å². The topological polar surface area (TPSA) is 36.9 Å². The van der Waals surface area contributed by atoms with Crippen LogP contribution in [-0.2, 0) is 0 Å². The third-order valence-electron chi connectivity index (χ3n) is 17.4. The first kappa shape index (κ1) is 60.7. The summed E-state index contributed by atoms with van der Waals surface area (Å²) in [5.41, 5.74) is 18.9. The van der Waals surface area contributed by atoms with Crippen LogP contribution in [0.1, 0.15) is 0 Å². The number of methoxy groups -OCH3 is 4. The molecule has 94 heavy (non-hydrogen) atoms. The molecule has 0 atom stereocenters. The van der Waals surface area contributed by atoms with E-state index in [0.717, 1.165) is 144 Å². The number of rotatable bonds is 19. The quantitative estimate of drug-likeness (QED) is 0.0756. The van der Waals surface area contributed by atoms with Gasteiger partial charge in [-0.05, 0) is 152 Å². The van der Waals surface area contributed by atoms with Gasteiger partial charge in [0.1, 0.15) is 23.0 Å². The summed E-state index contributed by atoms with van der Waals surface area (Å²) in [6, 6.07) is 123. The lowest BCUT2D eigenvalue weighted by Gasteiger charge is -2.29. The number of ether oxygens (including phenoxy) is 4. The van der Waals surface area contributed by atoms with Crippen LogP contribution in [0.25, 0.3) is 100 Å². The molecule has 0 unspecified atom stereocenters. The van der Waals surface area contributed by atoms with Gasteiger partial charge in [-0.2, -0.15) is 0 Å². The molecule has 0 N–H and O–H groups in total. The molecule has 0 aromatic heterocycles. The standard InChI is InChI=1S/C88H68O4P2/c1-89-85-75(61-33-13-5-14-34-61)53-69(54-76(85)62-35-15-6-16-36-62)93(70-55-77(63-37-17-7-18-38-63)86(90-2)78(56-70)64-39-19-8-20-40-64)83-51-31-29-49-73(83)74-50-30-32-52-84(74)94(71-57-79(65-41-21-9-22-42-65)87(91-3)80(58-71)66-43-23-10-24-44-66)72-59-81(67-45-25-11-26-46-67)88(92-4)82(60-72)68-47-27-12-28-48-68/h5-60H,1-4H3. The van der Waals surface area contributed by atoms with E-state index < -0.39 is 15.8 Å². The molecule has 0 heterocycles. The molecule has 0 amide bonds. The molecule has 0 radical (unpaired) electrons. The van der Waals surface area contributed by atoms with E-state index in [-0.39, 0.29) is 0 Å².